The van der Waals surface area contributed by atoms with Crippen LogP contribution in [-0.4, -0.2) is 54.1 Å². The van der Waals surface area contributed by atoms with Crippen LogP contribution in [0.4, 0.5) is 5.69 Å². The average molecular weight is 441 g/mol. The molecule has 0 unspecified atom stereocenters. The summed E-state index contributed by atoms with van der Waals surface area (Å²) in [4.78, 5) is 25.0. The number of H-pyrrole nitrogens is 1. The van der Waals surface area contributed by atoms with Crippen molar-refractivity contribution < 1.29 is 9.53 Å². The highest BCUT2D eigenvalue weighted by molar-refractivity contribution is 5.91. The van der Waals surface area contributed by atoms with E-state index in [1.54, 1.807) is 7.11 Å². The zero-order valence-electron chi connectivity index (χ0n) is 18.8. The molecule has 1 aliphatic heterocycles. The van der Waals surface area contributed by atoms with E-state index in [4.69, 9.17) is 4.74 Å². The minimum atomic E-state index is 0.218. The number of aryl methyl sites for hydroxylation is 1. The zero-order valence-corrected chi connectivity index (χ0v) is 18.8. The molecule has 1 aliphatic rings. The molecule has 6 nitrogen and oxygen atoms in total. The first-order chi connectivity index (χ1) is 16.2. The topological polar surface area (TPSA) is 61.5 Å². The lowest BCUT2D eigenvalue weighted by Crippen LogP contribution is -2.48. The molecule has 3 heterocycles. The van der Waals surface area contributed by atoms with Crippen LogP contribution in [0.5, 0.6) is 5.75 Å². The van der Waals surface area contributed by atoms with E-state index in [0.717, 1.165) is 48.7 Å². The number of para-hydroxylation sites is 1. The van der Waals surface area contributed by atoms with Gasteiger partial charge in [0.05, 0.1) is 7.11 Å². The largest absolute Gasteiger partial charge is 0.497 e. The van der Waals surface area contributed by atoms with Crippen LogP contribution in [0.25, 0.3) is 22.2 Å². The SMILES string of the molecule is COc1ccc(-c2[nH]c3ccccc3c2CCC(=O)N2CCN(c3ccncc3)CC2)cc1. The molecular weight excluding hydrogens is 412 g/mol. The fraction of sp³-hybridized carbons (Fsp3) is 0.259. The van der Waals surface area contributed by atoms with E-state index in [0.29, 0.717) is 12.8 Å². The van der Waals surface area contributed by atoms with Crippen molar-refractivity contribution >= 4 is 22.5 Å². The molecule has 0 spiro atoms. The number of fused-ring (bicyclic) bond motifs is 1. The highest BCUT2D eigenvalue weighted by atomic mass is 16.5. The Morgan fingerprint density at radius 1 is 0.970 bits per heavy atom. The molecule has 5 rings (SSSR count). The number of methoxy groups -OCH3 is 1. The summed E-state index contributed by atoms with van der Waals surface area (Å²) in [6, 6.07) is 20.4. The lowest BCUT2D eigenvalue weighted by Gasteiger charge is -2.36. The van der Waals surface area contributed by atoms with Crippen LogP contribution in [0.2, 0.25) is 0 Å². The maximum atomic E-state index is 13.1. The van der Waals surface area contributed by atoms with E-state index in [9.17, 15) is 4.79 Å². The van der Waals surface area contributed by atoms with E-state index in [1.807, 2.05) is 47.6 Å². The molecule has 0 radical (unpaired) electrons. The Bertz CT molecular complexity index is 1230. The third-order valence-electron chi connectivity index (χ3n) is 6.44. The molecule has 168 valence electrons. The number of carbonyl (C=O) groups excluding carboxylic acids is 1. The van der Waals surface area contributed by atoms with Crippen molar-refractivity contribution in [3.8, 4) is 17.0 Å². The van der Waals surface area contributed by atoms with E-state index in [1.165, 1.54) is 16.6 Å². The lowest BCUT2D eigenvalue weighted by atomic mass is 10.0. The first-order valence-electron chi connectivity index (χ1n) is 11.4. The number of pyridine rings is 1. The van der Waals surface area contributed by atoms with E-state index < -0.39 is 0 Å². The second kappa shape index (κ2) is 9.36. The van der Waals surface area contributed by atoms with Crippen molar-refractivity contribution in [1.82, 2.24) is 14.9 Å². The zero-order chi connectivity index (χ0) is 22.6. The summed E-state index contributed by atoms with van der Waals surface area (Å²) < 4.78 is 5.31. The standard InChI is InChI=1S/C27H28N4O2/c1-33-22-8-6-20(7-9-22)27-24(23-4-2-3-5-25(23)29-27)10-11-26(32)31-18-16-30(17-19-31)21-12-14-28-15-13-21/h2-9,12-15,29H,10-11,16-19H2,1H3. The molecular formula is C27H28N4O2. The van der Waals surface area contributed by atoms with Crippen molar-refractivity contribution in [1.29, 1.82) is 0 Å². The van der Waals surface area contributed by atoms with Gasteiger partial charge in [-0.2, -0.15) is 0 Å². The molecule has 1 amide bonds. The Labute approximate surface area is 193 Å². The number of aromatic nitrogens is 2. The Kier molecular flexibility index (Phi) is 5.98. The van der Waals surface area contributed by atoms with Crippen molar-refractivity contribution in [3.05, 3.63) is 78.6 Å². The van der Waals surface area contributed by atoms with Gasteiger partial charge in [-0.25, -0.2) is 0 Å². The predicted molar refractivity (Wildman–Crippen MR) is 132 cm³/mol. The van der Waals surface area contributed by atoms with Gasteiger partial charge in [0.25, 0.3) is 0 Å². The van der Waals surface area contributed by atoms with Gasteiger partial charge in [-0.3, -0.25) is 9.78 Å². The average Bonchev–Trinajstić information content (AvgIpc) is 3.26. The summed E-state index contributed by atoms with van der Waals surface area (Å²) in [6.45, 7) is 3.20. The Morgan fingerprint density at radius 2 is 1.70 bits per heavy atom. The van der Waals surface area contributed by atoms with Crippen LogP contribution in [0, 0.1) is 0 Å². The maximum absolute atomic E-state index is 13.1. The van der Waals surface area contributed by atoms with Crippen LogP contribution in [-0.2, 0) is 11.2 Å². The molecule has 1 saturated heterocycles. The minimum Gasteiger partial charge on any atom is -0.497 e. The number of benzene rings is 2. The predicted octanol–water partition coefficient (Wildman–Crippen LogP) is 4.52. The lowest BCUT2D eigenvalue weighted by molar-refractivity contribution is -0.131. The quantitative estimate of drug-likeness (QED) is 0.479. The van der Waals surface area contributed by atoms with E-state index >= 15 is 0 Å². The number of ether oxygens (including phenoxy) is 1. The highest BCUT2D eigenvalue weighted by Crippen LogP contribution is 2.32. The van der Waals surface area contributed by atoms with Gasteiger partial charge in [-0.05, 0) is 60.0 Å². The molecule has 2 aromatic heterocycles. The molecule has 0 bridgehead atoms. The molecule has 0 aliphatic carbocycles. The van der Waals surface area contributed by atoms with Gasteiger partial charge in [0, 0.05) is 67.3 Å². The third kappa shape index (κ3) is 4.42. The fourth-order valence-corrected chi connectivity index (χ4v) is 4.62. The second-order valence-corrected chi connectivity index (χ2v) is 8.33. The number of nitrogens with one attached hydrogen (secondary N) is 1. The maximum Gasteiger partial charge on any atom is 0.223 e. The van der Waals surface area contributed by atoms with Crippen molar-refractivity contribution in [3.63, 3.8) is 0 Å². The number of piperazine rings is 1. The van der Waals surface area contributed by atoms with E-state index in [-0.39, 0.29) is 5.91 Å². The third-order valence-corrected chi connectivity index (χ3v) is 6.44. The minimum absolute atomic E-state index is 0.218. The fourth-order valence-electron chi connectivity index (χ4n) is 4.62. The number of rotatable bonds is 6. The number of anilines is 1. The van der Waals surface area contributed by atoms with Gasteiger partial charge >= 0.3 is 0 Å². The van der Waals surface area contributed by atoms with Crippen molar-refractivity contribution in [2.45, 2.75) is 12.8 Å². The molecule has 0 atom stereocenters. The highest BCUT2D eigenvalue weighted by Gasteiger charge is 2.22. The molecule has 2 aromatic carbocycles. The van der Waals surface area contributed by atoms with E-state index in [2.05, 4.69) is 45.2 Å². The van der Waals surface area contributed by atoms with Gasteiger partial charge in [0.1, 0.15) is 5.75 Å². The molecule has 1 N–H and O–H groups in total. The number of nitrogens with zero attached hydrogens (tertiary/aromatic N) is 3. The summed E-state index contributed by atoms with van der Waals surface area (Å²) in [5.41, 5.74) is 5.63. The number of aromatic amines is 1. The molecule has 33 heavy (non-hydrogen) atoms. The molecule has 6 heteroatoms. The molecule has 4 aromatic rings. The van der Waals surface area contributed by atoms with Crippen LogP contribution >= 0.6 is 0 Å². The van der Waals surface area contributed by atoms with Gasteiger partial charge in [0.2, 0.25) is 5.91 Å². The van der Waals surface area contributed by atoms with Gasteiger partial charge in [-0.15, -0.1) is 0 Å². The normalized spacial score (nSPS) is 14.0. The summed E-state index contributed by atoms with van der Waals surface area (Å²) in [5.74, 6) is 1.05. The van der Waals surface area contributed by atoms with Crippen molar-refractivity contribution in [2.75, 3.05) is 38.2 Å². The van der Waals surface area contributed by atoms with Gasteiger partial charge in [0.15, 0.2) is 0 Å². The van der Waals surface area contributed by atoms with Crippen LogP contribution < -0.4 is 9.64 Å². The summed E-state index contributed by atoms with van der Waals surface area (Å²) >= 11 is 0. The molecule has 1 fully saturated rings. The first-order valence-corrected chi connectivity index (χ1v) is 11.4. The Hall–Kier alpha value is -3.80. The van der Waals surface area contributed by atoms with Crippen LogP contribution in [0.1, 0.15) is 12.0 Å². The number of hydrogen-bond acceptors (Lipinski definition) is 4. The van der Waals surface area contributed by atoms with Crippen LogP contribution in [0.3, 0.4) is 0 Å². The Morgan fingerprint density at radius 3 is 2.42 bits per heavy atom. The number of carbonyl (C=O) groups is 1. The summed E-state index contributed by atoms with van der Waals surface area (Å²) in [5, 5.41) is 1.18. The summed E-state index contributed by atoms with van der Waals surface area (Å²) in [7, 11) is 1.67. The molecule has 0 saturated carbocycles. The first kappa shape index (κ1) is 21.1. The second-order valence-electron chi connectivity index (χ2n) is 8.33. The Balaban J connectivity index is 1.29. The smallest absolute Gasteiger partial charge is 0.223 e. The number of amides is 1. The van der Waals surface area contributed by atoms with Gasteiger partial charge < -0.3 is 19.5 Å². The van der Waals surface area contributed by atoms with Gasteiger partial charge in [-0.1, -0.05) is 18.2 Å². The van der Waals surface area contributed by atoms with Crippen LogP contribution in [0.15, 0.2) is 73.1 Å². The summed E-state index contributed by atoms with van der Waals surface area (Å²) in [6.07, 6.45) is 4.83. The number of hydrogen-bond donors (Lipinski definition) is 1. The monoisotopic (exact) mass is 440 g/mol. The van der Waals surface area contributed by atoms with Crippen molar-refractivity contribution in [2.24, 2.45) is 0 Å².